The van der Waals surface area contributed by atoms with Crippen molar-refractivity contribution < 1.29 is 14.6 Å². The number of hydrogen-bond acceptors (Lipinski definition) is 5. The van der Waals surface area contributed by atoms with Gasteiger partial charge in [0.05, 0.1) is 19.3 Å². The third kappa shape index (κ3) is 4.26. The fourth-order valence-corrected chi connectivity index (χ4v) is 3.51. The molecule has 3 rings (SSSR count). The first-order valence-electron chi connectivity index (χ1n) is 8.64. The number of carbonyl (C=O) groups is 1. The zero-order chi connectivity index (χ0) is 17.0. The molecule has 2 N–H and O–H groups in total. The van der Waals surface area contributed by atoms with Gasteiger partial charge in [0, 0.05) is 32.7 Å². The van der Waals surface area contributed by atoms with Crippen LogP contribution in [0.2, 0.25) is 0 Å². The summed E-state index contributed by atoms with van der Waals surface area (Å²) in [6.45, 7) is 4.69. The molecule has 1 aromatic carbocycles. The Bertz CT molecular complexity index is 555. The minimum Gasteiger partial charge on any atom is -0.497 e. The minimum absolute atomic E-state index is 0.129. The van der Waals surface area contributed by atoms with Crippen molar-refractivity contribution in [3.8, 4) is 5.75 Å². The summed E-state index contributed by atoms with van der Waals surface area (Å²) < 4.78 is 5.16. The number of piperidine rings is 1. The molecular formula is C18H27N3O3. The van der Waals surface area contributed by atoms with Gasteiger partial charge in [-0.1, -0.05) is 12.1 Å². The van der Waals surface area contributed by atoms with E-state index in [0.717, 1.165) is 37.2 Å². The summed E-state index contributed by atoms with van der Waals surface area (Å²) in [4.78, 5) is 16.4. The topological polar surface area (TPSA) is 65.0 Å². The molecule has 1 amide bonds. The molecule has 2 aliphatic heterocycles. The Morgan fingerprint density at radius 3 is 2.71 bits per heavy atom. The smallest absolute Gasteiger partial charge is 0.237 e. The van der Waals surface area contributed by atoms with Crippen molar-refractivity contribution in [2.75, 3.05) is 46.4 Å². The summed E-state index contributed by atoms with van der Waals surface area (Å²) in [6.07, 6.45) is 1.79. The molecule has 132 valence electrons. The van der Waals surface area contributed by atoms with Gasteiger partial charge in [-0.05, 0) is 37.1 Å². The number of methoxy groups -OCH3 is 1. The number of hydrogen-bond donors (Lipinski definition) is 2. The second-order valence-electron chi connectivity index (χ2n) is 6.88. The second kappa shape index (κ2) is 7.51. The number of nitrogens with one attached hydrogen (secondary N) is 1. The van der Waals surface area contributed by atoms with Crippen LogP contribution in [0.1, 0.15) is 18.4 Å². The van der Waals surface area contributed by atoms with E-state index in [4.69, 9.17) is 4.74 Å². The van der Waals surface area contributed by atoms with Crippen molar-refractivity contribution in [1.82, 2.24) is 15.1 Å². The highest BCUT2D eigenvalue weighted by Crippen LogP contribution is 2.19. The van der Waals surface area contributed by atoms with Gasteiger partial charge in [-0.25, -0.2) is 0 Å². The molecule has 1 unspecified atom stereocenters. The van der Waals surface area contributed by atoms with Gasteiger partial charge >= 0.3 is 0 Å². The monoisotopic (exact) mass is 333 g/mol. The number of ether oxygens (including phenoxy) is 1. The van der Waals surface area contributed by atoms with E-state index in [1.807, 2.05) is 29.2 Å². The van der Waals surface area contributed by atoms with Crippen LogP contribution in [0.15, 0.2) is 24.3 Å². The number of aliphatic hydroxyl groups is 1. The molecule has 0 radical (unpaired) electrons. The van der Waals surface area contributed by atoms with Crippen LogP contribution in [0.4, 0.5) is 0 Å². The predicted molar refractivity (Wildman–Crippen MR) is 91.9 cm³/mol. The van der Waals surface area contributed by atoms with E-state index >= 15 is 0 Å². The number of β-amino-alcohol motifs (C(OH)–C–C–N with tert-alkyl or cyclic N) is 1. The lowest BCUT2D eigenvalue weighted by atomic mass is 9.93. The molecule has 2 saturated heterocycles. The molecule has 6 heteroatoms. The van der Waals surface area contributed by atoms with Gasteiger partial charge in [-0.2, -0.15) is 0 Å². The van der Waals surface area contributed by atoms with E-state index in [2.05, 4.69) is 10.2 Å². The maximum absolute atomic E-state index is 12.4. The highest BCUT2D eigenvalue weighted by Gasteiger charge is 2.34. The van der Waals surface area contributed by atoms with Crippen LogP contribution < -0.4 is 10.1 Å². The summed E-state index contributed by atoms with van der Waals surface area (Å²) in [5, 5.41) is 13.9. The molecule has 2 heterocycles. The van der Waals surface area contributed by atoms with Crippen molar-refractivity contribution in [3.05, 3.63) is 29.8 Å². The van der Waals surface area contributed by atoms with Crippen LogP contribution in [0.5, 0.6) is 5.75 Å². The largest absolute Gasteiger partial charge is 0.497 e. The third-order valence-electron chi connectivity index (χ3n) is 4.90. The van der Waals surface area contributed by atoms with Crippen LogP contribution >= 0.6 is 0 Å². The molecule has 24 heavy (non-hydrogen) atoms. The number of benzene rings is 1. The van der Waals surface area contributed by atoms with Gasteiger partial charge in [-0.15, -0.1) is 0 Å². The lowest BCUT2D eigenvalue weighted by molar-refractivity contribution is -0.138. The maximum atomic E-state index is 12.4. The molecule has 0 bridgehead atoms. The maximum Gasteiger partial charge on any atom is 0.237 e. The van der Waals surface area contributed by atoms with E-state index in [1.54, 1.807) is 7.11 Å². The SMILES string of the molecule is COc1ccc(CN2CCN(CC3(O)CCCNC3)CC2=O)cc1. The number of piperazine rings is 1. The highest BCUT2D eigenvalue weighted by molar-refractivity contribution is 5.79. The lowest BCUT2D eigenvalue weighted by Crippen LogP contribution is -2.57. The van der Waals surface area contributed by atoms with Crippen molar-refractivity contribution >= 4 is 5.91 Å². The Hall–Kier alpha value is -1.63. The van der Waals surface area contributed by atoms with E-state index in [0.29, 0.717) is 32.7 Å². The summed E-state index contributed by atoms with van der Waals surface area (Å²) in [7, 11) is 1.65. The van der Waals surface area contributed by atoms with E-state index in [-0.39, 0.29) is 5.91 Å². The molecule has 0 aromatic heterocycles. The molecule has 0 spiro atoms. The first-order chi connectivity index (χ1) is 11.6. The Balaban J connectivity index is 1.52. The molecule has 0 saturated carbocycles. The molecule has 1 atom stereocenters. The van der Waals surface area contributed by atoms with Gasteiger partial charge in [0.1, 0.15) is 5.75 Å². The van der Waals surface area contributed by atoms with Gasteiger partial charge in [0.15, 0.2) is 0 Å². The van der Waals surface area contributed by atoms with Gasteiger partial charge in [0.2, 0.25) is 5.91 Å². The van der Waals surface area contributed by atoms with Crippen LogP contribution in [-0.2, 0) is 11.3 Å². The molecule has 1 aromatic rings. The van der Waals surface area contributed by atoms with E-state index in [9.17, 15) is 9.90 Å². The van der Waals surface area contributed by atoms with Crippen molar-refractivity contribution in [3.63, 3.8) is 0 Å². The average molecular weight is 333 g/mol. The minimum atomic E-state index is -0.698. The van der Waals surface area contributed by atoms with Gasteiger partial charge in [0.25, 0.3) is 0 Å². The van der Waals surface area contributed by atoms with Crippen LogP contribution in [0, 0.1) is 0 Å². The average Bonchev–Trinajstić information content (AvgIpc) is 2.58. The fraction of sp³-hybridized carbons (Fsp3) is 0.611. The Labute approximate surface area is 143 Å². The fourth-order valence-electron chi connectivity index (χ4n) is 3.51. The third-order valence-corrected chi connectivity index (χ3v) is 4.90. The Kier molecular flexibility index (Phi) is 5.38. The molecule has 2 aliphatic rings. The molecule has 0 aliphatic carbocycles. The number of rotatable bonds is 5. The number of nitrogens with zero attached hydrogens (tertiary/aromatic N) is 2. The first-order valence-corrected chi connectivity index (χ1v) is 8.64. The van der Waals surface area contributed by atoms with Crippen LogP contribution in [0.3, 0.4) is 0 Å². The Morgan fingerprint density at radius 2 is 2.08 bits per heavy atom. The Morgan fingerprint density at radius 1 is 1.29 bits per heavy atom. The molecule has 2 fully saturated rings. The van der Waals surface area contributed by atoms with Crippen molar-refractivity contribution in [2.24, 2.45) is 0 Å². The lowest BCUT2D eigenvalue weighted by Gasteiger charge is -2.40. The quantitative estimate of drug-likeness (QED) is 0.819. The highest BCUT2D eigenvalue weighted by atomic mass is 16.5. The van der Waals surface area contributed by atoms with E-state index in [1.165, 1.54) is 0 Å². The summed E-state index contributed by atoms with van der Waals surface area (Å²) in [5.74, 6) is 0.952. The van der Waals surface area contributed by atoms with Gasteiger partial charge < -0.3 is 20.1 Å². The second-order valence-corrected chi connectivity index (χ2v) is 6.88. The predicted octanol–water partition coefficient (Wildman–Crippen LogP) is 0.454. The molecular weight excluding hydrogens is 306 g/mol. The number of amides is 1. The van der Waals surface area contributed by atoms with Crippen molar-refractivity contribution in [1.29, 1.82) is 0 Å². The standard InChI is InChI=1S/C18H27N3O3/c1-24-16-5-3-15(4-6-16)11-21-10-9-20(12-17(21)22)14-18(23)7-2-8-19-13-18/h3-6,19,23H,2,7-14H2,1H3. The summed E-state index contributed by atoms with van der Waals surface area (Å²) in [6, 6.07) is 7.83. The zero-order valence-electron chi connectivity index (χ0n) is 14.3. The normalized spacial score (nSPS) is 25.8. The number of carbonyl (C=O) groups excluding carboxylic acids is 1. The van der Waals surface area contributed by atoms with Crippen LogP contribution in [0.25, 0.3) is 0 Å². The van der Waals surface area contributed by atoms with Crippen molar-refractivity contribution in [2.45, 2.75) is 25.0 Å². The van der Waals surface area contributed by atoms with Crippen LogP contribution in [-0.4, -0.2) is 72.8 Å². The summed E-state index contributed by atoms with van der Waals surface area (Å²) >= 11 is 0. The van der Waals surface area contributed by atoms with E-state index < -0.39 is 5.60 Å². The van der Waals surface area contributed by atoms with Gasteiger partial charge in [-0.3, -0.25) is 9.69 Å². The molecule has 6 nitrogen and oxygen atoms in total. The zero-order valence-corrected chi connectivity index (χ0v) is 14.3. The summed E-state index contributed by atoms with van der Waals surface area (Å²) in [5.41, 5.74) is 0.407. The first kappa shape index (κ1) is 17.2.